The van der Waals surface area contributed by atoms with Crippen LogP contribution in [-0.2, 0) is 24.5 Å². The fraction of sp³-hybridized carbons (Fsp3) is 0.296. The largest absolute Gasteiger partial charge is 0.490 e. The summed E-state index contributed by atoms with van der Waals surface area (Å²) in [5.41, 5.74) is 14.8. The number of nitrogens with one attached hydrogen (secondary N) is 2. The number of thioether (sulfide) groups is 1. The van der Waals surface area contributed by atoms with Gasteiger partial charge in [0, 0.05) is 24.2 Å². The van der Waals surface area contributed by atoms with Crippen LogP contribution in [0.25, 0.3) is 11.1 Å². The maximum Gasteiger partial charge on any atom is 0.490 e. The van der Waals surface area contributed by atoms with Gasteiger partial charge in [0.2, 0.25) is 9.84 Å². The second kappa shape index (κ2) is 15.6. The summed E-state index contributed by atoms with van der Waals surface area (Å²) in [5.74, 6) is -2.56. The van der Waals surface area contributed by atoms with E-state index in [1.807, 2.05) is 31.2 Å². The molecular formula is C27H32F3N5O6S4. The zero-order valence-electron chi connectivity index (χ0n) is 24.3. The minimum atomic E-state index is -5.08. The second-order valence-electron chi connectivity index (χ2n) is 9.47. The van der Waals surface area contributed by atoms with Gasteiger partial charge in [0.05, 0.1) is 18.9 Å². The van der Waals surface area contributed by atoms with Gasteiger partial charge in [-0.15, -0.1) is 23.1 Å². The number of aliphatic imine (C=N–C) groups is 1. The predicted octanol–water partition coefficient (Wildman–Crippen LogP) is 4.75. The Bertz CT molecular complexity index is 1790. The van der Waals surface area contributed by atoms with Gasteiger partial charge in [-0.2, -0.15) is 13.2 Å². The van der Waals surface area contributed by atoms with Crippen LogP contribution in [0.4, 0.5) is 18.9 Å². The molecule has 0 bridgehead atoms. The molecule has 0 unspecified atom stereocenters. The Labute approximate surface area is 267 Å². The number of aliphatic carboxylic acids is 1. The lowest BCUT2D eigenvalue weighted by molar-refractivity contribution is -0.192. The molecule has 0 aliphatic rings. The Morgan fingerprint density at radius 1 is 1.09 bits per heavy atom. The first-order valence-corrected chi connectivity index (χ1v) is 18.4. The molecule has 18 heteroatoms. The summed E-state index contributed by atoms with van der Waals surface area (Å²) in [5, 5.41) is 17.8. The van der Waals surface area contributed by atoms with Crippen LogP contribution in [0.2, 0.25) is 0 Å². The molecule has 11 nitrogen and oxygen atoms in total. The number of unbranched alkanes of at least 4 members (excludes halogenated alkanes) is 1. The summed E-state index contributed by atoms with van der Waals surface area (Å²) in [6, 6.07) is 13.8. The van der Waals surface area contributed by atoms with Crippen LogP contribution >= 0.6 is 23.1 Å². The summed E-state index contributed by atoms with van der Waals surface area (Å²) in [6.07, 6.45) is -0.933. The molecule has 3 rings (SSSR count). The monoisotopic (exact) mass is 707 g/mol. The van der Waals surface area contributed by atoms with E-state index in [0.29, 0.717) is 28.5 Å². The van der Waals surface area contributed by atoms with Gasteiger partial charge in [0.15, 0.2) is 5.96 Å². The molecule has 0 aliphatic heterocycles. The van der Waals surface area contributed by atoms with Crippen LogP contribution in [-0.4, -0.2) is 70.7 Å². The smallest absolute Gasteiger partial charge is 0.475 e. The number of carboxylic acids is 1. The van der Waals surface area contributed by atoms with Crippen molar-refractivity contribution < 1.29 is 39.9 Å². The van der Waals surface area contributed by atoms with Gasteiger partial charge in [-0.05, 0) is 73.0 Å². The average molecular weight is 708 g/mol. The van der Waals surface area contributed by atoms with Crippen molar-refractivity contribution in [3.63, 3.8) is 0 Å². The number of rotatable bonds is 11. The van der Waals surface area contributed by atoms with Crippen molar-refractivity contribution in [2.24, 2.45) is 16.5 Å². The number of carboxylic acid groups (broad SMARTS) is 1. The summed E-state index contributed by atoms with van der Waals surface area (Å²) >= 11 is 2.50. The molecule has 0 atom stereocenters. The molecule has 0 spiro atoms. The number of amidine groups is 1. The minimum absolute atomic E-state index is 0.129. The van der Waals surface area contributed by atoms with Gasteiger partial charge in [-0.1, -0.05) is 18.2 Å². The molecule has 0 amide bonds. The predicted molar refractivity (Wildman–Crippen MR) is 172 cm³/mol. The van der Waals surface area contributed by atoms with Gasteiger partial charge in [-0.25, -0.2) is 21.6 Å². The number of nitrogens with zero attached hydrogens (tertiary/aromatic N) is 1. The van der Waals surface area contributed by atoms with E-state index >= 15 is 0 Å². The number of thiophene rings is 1. The van der Waals surface area contributed by atoms with E-state index in [0.717, 1.165) is 22.4 Å². The highest BCUT2D eigenvalue weighted by atomic mass is 32.2. The second-order valence-corrected chi connectivity index (χ2v) is 15.8. The Hall–Kier alpha value is -3.61. The Balaban J connectivity index is 0.000000900. The number of halogens is 3. The lowest BCUT2D eigenvalue weighted by Gasteiger charge is -2.12. The van der Waals surface area contributed by atoms with Gasteiger partial charge in [0.25, 0.3) is 0 Å². The Morgan fingerprint density at radius 3 is 2.27 bits per heavy atom. The summed E-state index contributed by atoms with van der Waals surface area (Å²) in [7, 11) is -6.80. The highest BCUT2D eigenvalue weighted by molar-refractivity contribution is 8.01. The number of nitrogen functional groups attached to an aromatic ring is 1. The molecule has 45 heavy (non-hydrogen) atoms. The van der Waals surface area contributed by atoms with Crippen LogP contribution in [0.5, 0.6) is 0 Å². The normalized spacial score (nSPS) is 12.3. The third kappa shape index (κ3) is 11.4. The zero-order valence-corrected chi connectivity index (χ0v) is 27.6. The summed E-state index contributed by atoms with van der Waals surface area (Å²) in [6.45, 7) is 2.34. The number of nitrogens with two attached hydrogens (primary N) is 2. The lowest BCUT2D eigenvalue weighted by atomic mass is 10.00. The number of carbonyl (C=O) groups is 1. The SMILES string of the molecule is CSc1sc(C(=N)N)cc1S(=O)(=O)c1cccc(-c2ccc(NC(N)=NCCCCS(C)(=O)=O)cc2C)c1.O=C(O)C(F)(F)F. The number of benzene rings is 2. The van der Waals surface area contributed by atoms with E-state index in [9.17, 15) is 30.0 Å². The highest BCUT2D eigenvalue weighted by Crippen LogP contribution is 2.38. The number of aryl methyl sites for hydroxylation is 1. The number of hydrogen-bond donors (Lipinski definition) is 5. The van der Waals surface area contributed by atoms with Crippen molar-refractivity contribution in [1.82, 2.24) is 0 Å². The van der Waals surface area contributed by atoms with Crippen molar-refractivity contribution >= 4 is 66.2 Å². The first kappa shape index (κ1) is 37.6. The standard InChI is InChI=1S/C25H31N5O4S4.C2HF3O2/c1-16-13-18(30-25(28)29-11-4-5-12-37(3,31)32)9-10-20(16)17-7-6-8-19(14-17)38(33,34)22-15-21(23(26)27)36-24(22)35-2;3-2(4,5)1(6)7/h6-10,13-15H,4-5,11-12H2,1-3H3,(H3,26,27)(H3,28,29,30);(H,6,7). The summed E-state index contributed by atoms with van der Waals surface area (Å²) in [4.78, 5) is 13.9. The minimum Gasteiger partial charge on any atom is -0.475 e. The molecule has 0 fully saturated rings. The van der Waals surface area contributed by atoms with Crippen molar-refractivity contribution in [3.8, 4) is 11.1 Å². The van der Waals surface area contributed by atoms with Crippen LogP contribution in [0.1, 0.15) is 23.3 Å². The van der Waals surface area contributed by atoms with Crippen molar-refractivity contribution in [1.29, 1.82) is 5.41 Å². The third-order valence-corrected chi connectivity index (χ3v) is 11.2. The first-order valence-electron chi connectivity index (χ1n) is 12.8. The molecule has 3 aromatic rings. The maximum atomic E-state index is 13.5. The average Bonchev–Trinajstić information content (AvgIpc) is 3.38. The number of anilines is 1. The van der Waals surface area contributed by atoms with Gasteiger partial charge in [-0.3, -0.25) is 10.4 Å². The van der Waals surface area contributed by atoms with E-state index in [1.165, 1.54) is 35.4 Å². The third-order valence-electron chi connectivity index (χ3n) is 5.81. The van der Waals surface area contributed by atoms with Crippen LogP contribution in [0, 0.1) is 12.3 Å². The lowest BCUT2D eigenvalue weighted by Crippen LogP contribution is -2.23. The van der Waals surface area contributed by atoms with Crippen molar-refractivity contribution in [3.05, 3.63) is 59.0 Å². The van der Waals surface area contributed by atoms with Crippen LogP contribution < -0.4 is 16.8 Å². The number of guanidine groups is 1. The number of hydrogen-bond acceptors (Lipinski definition) is 9. The Morgan fingerprint density at radius 2 is 1.73 bits per heavy atom. The molecule has 1 aromatic heterocycles. The van der Waals surface area contributed by atoms with Gasteiger partial charge < -0.3 is 21.9 Å². The van der Waals surface area contributed by atoms with Crippen LogP contribution in [0.3, 0.4) is 0 Å². The van der Waals surface area contributed by atoms with Gasteiger partial charge >= 0.3 is 12.1 Å². The number of sulfone groups is 2. The molecule has 0 radical (unpaired) electrons. The molecule has 0 saturated heterocycles. The van der Waals surface area contributed by atoms with E-state index in [4.69, 9.17) is 26.8 Å². The van der Waals surface area contributed by atoms with Crippen molar-refractivity contribution in [2.75, 3.05) is 30.1 Å². The molecule has 0 aliphatic carbocycles. The topological polar surface area (TPSA) is 206 Å². The van der Waals surface area contributed by atoms with E-state index in [2.05, 4.69) is 10.3 Å². The number of alkyl halides is 3. The summed E-state index contributed by atoms with van der Waals surface area (Å²) < 4.78 is 81.7. The quantitative estimate of drug-likeness (QED) is 0.0800. The molecule has 246 valence electrons. The van der Waals surface area contributed by atoms with E-state index in [-0.39, 0.29) is 27.3 Å². The van der Waals surface area contributed by atoms with Crippen molar-refractivity contribution in [2.45, 2.75) is 39.9 Å². The maximum absolute atomic E-state index is 13.5. The Kier molecular flexibility index (Phi) is 13.0. The van der Waals surface area contributed by atoms with Crippen LogP contribution in [0.15, 0.2) is 67.5 Å². The first-order chi connectivity index (χ1) is 20.8. The molecular weight excluding hydrogens is 676 g/mol. The van der Waals surface area contributed by atoms with E-state index in [1.54, 1.807) is 24.5 Å². The fourth-order valence-corrected chi connectivity index (χ4v) is 8.34. The fourth-order valence-electron chi connectivity index (χ4n) is 3.71. The molecule has 7 N–H and O–H groups in total. The van der Waals surface area contributed by atoms with E-state index < -0.39 is 31.8 Å². The highest BCUT2D eigenvalue weighted by Gasteiger charge is 2.38. The molecule has 1 heterocycles. The molecule has 2 aromatic carbocycles. The molecule has 0 saturated carbocycles. The zero-order chi connectivity index (χ0) is 34.2. The van der Waals surface area contributed by atoms with Gasteiger partial charge in [0.1, 0.15) is 15.7 Å².